The van der Waals surface area contributed by atoms with Crippen molar-refractivity contribution >= 4 is 16.7 Å². The Bertz CT molecular complexity index is 845. The summed E-state index contributed by atoms with van der Waals surface area (Å²) >= 11 is 0. The molecule has 3 heteroatoms. The van der Waals surface area contributed by atoms with E-state index >= 15 is 0 Å². The highest BCUT2D eigenvalue weighted by atomic mass is 16.5. The molecule has 0 aliphatic rings. The first-order valence-corrected chi connectivity index (χ1v) is 8.68. The third kappa shape index (κ3) is 4.18. The molecule has 1 N–H and O–H groups in total. The number of fused-ring (bicyclic) bond motifs is 1. The zero-order valence-corrected chi connectivity index (χ0v) is 14.6. The third-order valence-corrected chi connectivity index (χ3v) is 4.32. The number of ether oxygens (including phenoxy) is 1. The van der Waals surface area contributed by atoms with Gasteiger partial charge in [-0.25, -0.2) is 0 Å². The summed E-state index contributed by atoms with van der Waals surface area (Å²) in [7, 11) is 0. The molecule has 0 unspecified atom stereocenters. The smallest absolute Gasteiger partial charge is 0.261 e. The van der Waals surface area contributed by atoms with Crippen molar-refractivity contribution in [2.24, 2.45) is 0 Å². The van der Waals surface area contributed by atoms with Crippen LogP contribution in [0.2, 0.25) is 0 Å². The van der Waals surface area contributed by atoms with E-state index in [0.29, 0.717) is 12.2 Å². The fraction of sp³-hybridized carbons (Fsp3) is 0.227. The van der Waals surface area contributed by atoms with Gasteiger partial charge in [-0.15, -0.1) is 0 Å². The van der Waals surface area contributed by atoms with Crippen molar-refractivity contribution in [3.63, 3.8) is 0 Å². The second-order valence-corrected chi connectivity index (χ2v) is 6.16. The van der Waals surface area contributed by atoms with Gasteiger partial charge in [0.05, 0.1) is 6.04 Å². The number of hydrogen-bond donors (Lipinski definition) is 1. The molecule has 0 aliphatic heterocycles. The fourth-order valence-electron chi connectivity index (χ4n) is 2.85. The van der Waals surface area contributed by atoms with Gasteiger partial charge in [-0.2, -0.15) is 0 Å². The summed E-state index contributed by atoms with van der Waals surface area (Å²) in [5.41, 5.74) is 1.08. The first-order chi connectivity index (χ1) is 12.2. The van der Waals surface area contributed by atoms with Crippen LogP contribution >= 0.6 is 0 Å². The zero-order chi connectivity index (χ0) is 17.6. The molecule has 25 heavy (non-hydrogen) atoms. The highest BCUT2D eigenvalue weighted by Crippen LogP contribution is 2.21. The summed E-state index contributed by atoms with van der Waals surface area (Å²) in [4.78, 5) is 12.6. The van der Waals surface area contributed by atoms with Crippen molar-refractivity contribution in [1.82, 2.24) is 5.32 Å². The normalized spacial score (nSPS) is 13.2. The maximum Gasteiger partial charge on any atom is 0.261 e. The summed E-state index contributed by atoms with van der Waals surface area (Å²) < 4.78 is 5.82. The van der Waals surface area contributed by atoms with Crippen molar-refractivity contribution in [2.75, 3.05) is 0 Å². The van der Waals surface area contributed by atoms with Crippen LogP contribution in [0.5, 0.6) is 5.75 Å². The predicted octanol–water partition coefficient (Wildman–Crippen LogP) is 4.87. The summed E-state index contributed by atoms with van der Waals surface area (Å²) in [6.07, 6.45) is 0.121. The summed E-state index contributed by atoms with van der Waals surface area (Å²) in [5.74, 6) is 0.620. The van der Waals surface area contributed by atoms with Crippen molar-refractivity contribution in [2.45, 2.75) is 32.4 Å². The van der Waals surface area contributed by atoms with E-state index in [0.717, 1.165) is 5.56 Å². The Balaban J connectivity index is 1.69. The molecule has 128 valence electrons. The summed E-state index contributed by atoms with van der Waals surface area (Å²) in [6.45, 7) is 3.95. The molecule has 0 saturated carbocycles. The van der Waals surface area contributed by atoms with Crippen LogP contribution in [0, 0.1) is 0 Å². The lowest BCUT2D eigenvalue weighted by Gasteiger charge is -2.21. The highest BCUT2D eigenvalue weighted by Gasteiger charge is 2.20. The summed E-state index contributed by atoms with van der Waals surface area (Å²) in [6, 6.07) is 23.9. The number of hydrogen-bond acceptors (Lipinski definition) is 2. The Morgan fingerprint density at radius 3 is 2.36 bits per heavy atom. The van der Waals surface area contributed by atoms with Gasteiger partial charge in [0.2, 0.25) is 0 Å². The lowest BCUT2D eigenvalue weighted by molar-refractivity contribution is -0.128. The van der Waals surface area contributed by atoms with Gasteiger partial charge in [0.1, 0.15) is 5.75 Å². The minimum absolute atomic E-state index is 0.0782. The minimum Gasteiger partial charge on any atom is -0.481 e. The Kier molecular flexibility index (Phi) is 5.34. The second kappa shape index (κ2) is 7.84. The minimum atomic E-state index is -0.495. The van der Waals surface area contributed by atoms with Crippen molar-refractivity contribution < 1.29 is 9.53 Å². The molecule has 2 atom stereocenters. The van der Waals surface area contributed by atoms with E-state index < -0.39 is 6.10 Å². The van der Waals surface area contributed by atoms with E-state index in [9.17, 15) is 4.79 Å². The van der Waals surface area contributed by atoms with Gasteiger partial charge in [0.15, 0.2) is 6.10 Å². The van der Waals surface area contributed by atoms with E-state index in [-0.39, 0.29) is 11.9 Å². The number of nitrogens with one attached hydrogen (secondary N) is 1. The Labute approximate surface area is 148 Å². The molecule has 0 aliphatic carbocycles. The first-order valence-electron chi connectivity index (χ1n) is 8.68. The second-order valence-electron chi connectivity index (χ2n) is 6.16. The molecule has 3 aromatic rings. The number of benzene rings is 3. The van der Waals surface area contributed by atoms with E-state index in [2.05, 4.69) is 35.6 Å². The molecule has 0 saturated heterocycles. The number of para-hydroxylation sites is 1. The average molecular weight is 333 g/mol. The Morgan fingerprint density at radius 2 is 1.64 bits per heavy atom. The van der Waals surface area contributed by atoms with Gasteiger partial charge in [0, 0.05) is 0 Å². The maximum absolute atomic E-state index is 12.6. The van der Waals surface area contributed by atoms with Crippen molar-refractivity contribution in [3.05, 3.63) is 78.4 Å². The molecule has 0 fully saturated rings. The lowest BCUT2D eigenvalue weighted by atomic mass is 10.0. The van der Waals surface area contributed by atoms with Crippen LogP contribution in [0.1, 0.15) is 31.9 Å². The highest BCUT2D eigenvalue weighted by molar-refractivity contribution is 5.84. The van der Waals surface area contributed by atoms with Gasteiger partial charge in [-0.1, -0.05) is 61.5 Å². The van der Waals surface area contributed by atoms with E-state index in [4.69, 9.17) is 4.74 Å². The van der Waals surface area contributed by atoms with Crippen LogP contribution < -0.4 is 10.1 Å². The third-order valence-electron chi connectivity index (χ3n) is 4.32. The summed E-state index contributed by atoms with van der Waals surface area (Å²) in [5, 5.41) is 5.44. The molecular formula is C22H23NO2. The zero-order valence-electron chi connectivity index (χ0n) is 14.6. The molecule has 0 spiro atoms. The Morgan fingerprint density at radius 1 is 0.960 bits per heavy atom. The van der Waals surface area contributed by atoms with Crippen LogP contribution in [0.25, 0.3) is 10.8 Å². The first kappa shape index (κ1) is 17.0. The molecule has 3 rings (SSSR count). The molecule has 1 amide bonds. The number of carbonyl (C=O) groups excluding carboxylic acids is 1. The number of rotatable bonds is 6. The molecule has 0 radical (unpaired) electrons. The van der Waals surface area contributed by atoms with Gasteiger partial charge in [-0.3, -0.25) is 4.79 Å². The predicted molar refractivity (Wildman–Crippen MR) is 102 cm³/mol. The van der Waals surface area contributed by atoms with Crippen molar-refractivity contribution in [3.8, 4) is 5.75 Å². The van der Waals surface area contributed by atoms with Crippen LogP contribution in [-0.2, 0) is 4.79 Å². The van der Waals surface area contributed by atoms with E-state index in [1.807, 2.05) is 56.3 Å². The monoisotopic (exact) mass is 333 g/mol. The number of carbonyl (C=O) groups is 1. The van der Waals surface area contributed by atoms with Gasteiger partial charge < -0.3 is 10.1 Å². The molecule has 0 heterocycles. The maximum atomic E-state index is 12.6. The average Bonchev–Trinajstić information content (AvgIpc) is 2.66. The van der Waals surface area contributed by atoms with Gasteiger partial charge >= 0.3 is 0 Å². The molecule has 0 bridgehead atoms. The van der Waals surface area contributed by atoms with Crippen molar-refractivity contribution in [1.29, 1.82) is 0 Å². The van der Waals surface area contributed by atoms with Crippen LogP contribution in [0.3, 0.4) is 0 Å². The molecule has 3 aromatic carbocycles. The quantitative estimate of drug-likeness (QED) is 0.698. The standard InChI is InChI=1S/C22H23NO2/c1-3-21(25-20-11-5-4-6-12-20)22(24)23-16(2)18-14-13-17-9-7-8-10-19(17)15-18/h4-16,21H,3H2,1-2H3,(H,23,24)/t16-,21-/m0/s1. The van der Waals surface area contributed by atoms with E-state index in [1.54, 1.807) is 0 Å². The lowest BCUT2D eigenvalue weighted by Crippen LogP contribution is -2.39. The van der Waals surface area contributed by atoms with Crippen LogP contribution in [0.15, 0.2) is 72.8 Å². The Hall–Kier alpha value is -2.81. The largest absolute Gasteiger partial charge is 0.481 e. The van der Waals surface area contributed by atoms with Gasteiger partial charge in [-0.05, 0) is 47.9 Å². The molecular weight excluding hydrogens is 310 g/mol. The SMILES string of the molecule is CC[C@H](Oc1ccccc1)C(=O)N[C@@H](C)c1ccc2ccccc2c1. The fourth-order valence-corrected chi connectivity index (χ4v) is 2.85. The topological polar surface area (TPSA) is 38.3 Å². The van der Waals surface area contributed by atoms with Gasteiger partial charge in [0.25, 0.3) is 5.91 Å². The van der Waals surface area contributed by atoms with Crippen LogP contribution in [0.4, 0.5) is 0 Å². The van der Waals surface area contributed by atoms with Crippen LogP contribution in [-0.4, -0.2) is 12.0 Å². The van der Waals surface area contributed by atoms with E-state index in [1.165, 1.54) is 10.8 Å². The number of amides is 1. The molecule has 0 aromatic heterocycles. The molecule has 3 nitrogen and oxygen atoms in total.